The molecule has 138 valence electrons. The summed E-state index contributed by atoms with van der Waals surface area (Å²) < 4.78 is 72.4. The van der Waals surface area contributed by atoms with Crippen LogP contribution in [0.1, 0.15) is 27.0 Å². The minimum atomic E-state index is -4.43. The van der Waals surface area contributed by atoms with Gasteiger partial charge in [-0.15, -0.1) is 0 Å². The lowest BCUT2D eigenvalue weighted by Crippen LogP contribution is -2.04. The maximum atomic E-state index is 12.1. The van der Waals surface area contributed by atoms with Gasteiger partial charge in [0.15, 0.2) is 6.29 Å². The molecular formula is C16H7Cl2F6NO. The predicted molar refractivity (Wildman–Crippen MR) is 83.0 cm³/mol. The van der Waals surface area contributed by atoms with Gasteiger partial charge < -0.3 is 0 Å². The quantitative estimate of drug-likeness (QED) is 0.400. The third-order valence-electron chi connectivity index (χ3n) is 2.87. The second kappa shape index (κ2) is 8.43. The Morgan fingerprint density at radius 3 is 1.65 bits per heavy atom. The van der Waals surface area contributed by atoms with Crippen molar-refractivity contribution in [2.75, 3.05) is 0 Å². The Labute approximate surface area is 153 Å². The van der Waals surface area contributed by atoms with Crippen LogP contribution >= 0.6 is 23.2 Å². The van der Waals surface area contributed by atoms with Crippen LogP contribution < -0.4 is 0 Å². The highest BCUT2D eigenvalue weighted by Gasteiger charge is 2.31. The van der Waals surface area contributed by atoms with Gasteiger partial charge in [-0.25, -0.2) is 0 Å². The first kappa shape index (κ1) is 21.8. The van der Waals surface area contributed by atoms with E-state index in [1.807, 2.05) is 0 Å². The number of nitrogens with zero attached hydrogens (tertiary/aromatic N) is 1. The molecule has 0 aromatic heterocycles. The summed E-state index contributed by atoms with van der Waals surface area (Å²) >= 11 is 10.8. The molecule has 2 aromatic rings. The maximum Gasteiger partial charge on any atom is 0.416 e. The minimum absolute atomic E-state index is 0.0367. The van der Waals surface area contributed by atoms with Gasteiger partial charge in [-0.1, -0.05) is 23.2 Å². The number of benzene rings is 2. The first-order valence-corrected chi connectivity index (χ1v) is 7.24. The second-order valence-corrected chi connectivity index (χ2v) is 5.47. The average molecular weight is 414 g/mol. The van der Waals surface area contributed by atoms with Gasteiger partial charge in [0.25, 0.3) is 0 Å². The number of rotatable bonds is 1. The molecule has 26 heavy (non-hydrogen) atoms. The van der Waals surface area contributed by atoms with Crippen molar-refractivity contribution in [2.24, 2.45) is 0 Å². The molecule has 0 amide bonds. The molecule has 10 heteroatoms. The van der Waals surface area contributed by atoms with Gasteiger partial charge in [-0.3, -0.25) is 4.79 Å². The van der Waals surface area contributed by atoms with E-state index in [-0.39, 0.29) is 21.2 Å². The van der Waals surface area contributed by atoms with Crippen LogP contribution in [0.2, 0.25) is 10.0 Å². The fraction of sp³-hybridized carbons (Fsp3) is 0.125. The summed E-state index contributed by atoms with van der Waals surface area (Å²) in [6.07, 6.45) is -8.44. The molecule has 2 aromatic carbocycles. The van der Waals surface area contributed by atoms with E-state index < -0.39 is 23.5 Å². The number of hydrogen-bond acceptors (Lipinski definition) is 2. The summed E-state index contributed by atoms with van der Waals surface area (Å²) in [6, 6.07) is 6.86. The van der Waals surface area contributed by atoms with Crippen molar-refractivity contribution in [3.63, 3.8) is 0 Å². The molecule has 0 unspecified atom stereocenters. The van der Waals surface area contributed by atoms with Gasteiger partial charge >= 0.3 is 12.4 Å². The van der Waals surface area contributed by atoms with E-state index >= 15 is 0 Å². The number of aldehydes is 1. The summed E-state index contributed by atoms with van der Waals surface area (Å²) in [5.41, 5.74) is -1.62. The topological polar surface area (TPSA) is 40.9 Å². The molecule has 0 aliphatic carbocycles. The summed E-state index contributed by atoms with van der Waals surface area (Å²) in [4.78, 5) is 10.2. The third kappa shape index (κ3) is 5.93. The van der Waals surface area contributed by atoms with E-state index in [4.69, 9.17) is 28.5 Å². The first-order valence-electron chi connectivity index (χ1n) is 6.49. The van der Waals surface area contributed by atoms with Crippen molar-refractivity contribution < 1.29 is 31.1 Å². The van der Waals surface area contributed by atoms with Crippen molar-refractivity contribution in [1.29, 1.82) is 5.26 Å². The molecule has 0 atom stereocenters. The monoisotopic (exact) mass is 413 g/mol. The van der Waals surface area contributed by atoms with Crippen LogP contribution in [0.25, 0.3) is 0 Å². The van der Waals surface area contributed by atoms with Crippen molar-refractivity contribution in [2.45, 2.75) is 12.4 Å². The highest BCUT2D eigenvalue weighted by molar-refractivity contribution is 6.33. The smallest absolute Gasteiger partial charge is 0.298 e. The van der Waals surface area contributed by atoms with E-state index in [2.05, 4.69) is 0 Å². The lowest BCUT2D eigenvalue weighted by Gasteiger charge is -2.06. The number of halogens is 8. The van der Waals surface area contributed by atoms with Crippen molar-refractivity contribution in [3.05, 3.63) is 68.7 Å². The van der Waals surface area contributed by atoms with Gasteiger partial charge in [-0.05, 0) is 36.4 Å². The molecule has 0 bridgehead atoms. The van der Waals surface area contributed by atoms with Gasteiger partial charge in [0, 0.05) is 5.56 Å². The molecule has 0 saturated heterocycles. The Kier molecular flexibility index (Phi) is 7.07. The van der Waals surface area contributed by atoms with Crippen LogP contribution in [0.4, 0.5) is 26.3 Å². The highest BCUT2D eigenvalue weighted by Crippen LogP contribution is 2.32. The summed E-state index contributed by atoms with van der Waals surface area (Å²) in [6.45, 7) is 0. The van der Waals surface area contributed by atoms with Crippen molar-refractivity contribution in [3.8, 4) is 6.07 Å². The van der Waals surface area contributed by atoms with Crippen LogP contribution in [-0.4, -0.2) is 6.29 Å². The van der Waals surface area contributed by atoms with Crippen LogP contribution in [0.5, 0.6) is 0 Å². The molecule has 0 aliphatic rings. The van der Waals surface area contributed by atoms with Gasteiger partial charge in [0.2, 0.25) is 0 Å². The normalized spacial score (nSPS) is 11.2. The number of nitriles is 1. The zero-order valence-electron chi connectivity index (χ0n) is 12.4. The van der Waals surface area contributed by atoms with Crippen LogP contribution in [-0.2, 0) is 12.4 Å². The second-order valence-electron chi connectivity index (χ2n) is 4.66. The molecule has 0 fully saturated rings. The highest BCUT2D eigenvalue weighted by atomic mass is 35.5. The summed E-state index contributed by atoms with van der Waals surface area (Å²) in [5, 5.41) is 8.02. The third-order valence-corrected chi connectivity index (χ3v) is 3.51. The van der Waals surface area contributed by atoms with Crippen molar-refractivity contribution in [1.82, 2.24) is 0 Å². The molecule has 0 radical (unpaired) electrons. The Bertz CT molecular complexity index is 840. The van der Waals surface area contributed by atoms with E-state index in [1.165, 1.54) is 0 Å². The number of alkyl halides is 6. The van der Waals surface area contributed by atoms with Crippen LogP contribution in [0, 0.1) is 11.3 Å². The standard InChI is InChI=1S/C8H3ClF3N.C8H4ClF3O/c2*9-7-3-6(8(10,11)12)2-1-5(7)4-13/h1-3H;1-4H. The molecule has 2 nitrogen and oxygen atoms in total. The van der Waals surface area contributed by atoms with Crippen molar-refractivity contribution >= 4 is 29.5 Å². The summed E-state index contributed by atoms with van der Waals surface area (Å²) in [7, 11) is 0. The largest absolute Gasteiger partial charge is 0.416 e. The average Bonchev–Trinajstić information content (AvgIpc) is 2.53. The van der Waals surface area contributed by atoms with E-state index in [9.17, 15) is 31.1 Å². The lowest BCUT2D eigenvalue weighted by molar-refractivity contribution is -0.138. The zero-order chi connectivity index (χ0) is 20.1. The molecular weight excluding hydrogens is 407 g/mol. The Hall–Kier alpha value is -2.24. The van der Waals surface area contributed by atoms with E-state index in [1.54, 1.807) is 6.07 Å². The first-order chi connectivity index (χ1) is 11.9. The Morgan fingerprint density at radius 2 is 1.31 bits per heavy atom. The van der Waals surface area contributed by atoms with Gasteiger partial charge in [0.05, 0.1) is 26.7 Å². The fourth-order valence-electron chi connectivity index (χ4n) is 1.58. The molecule has 0 spiro atoms. The number of hydrogen-bond donors (Lipinski definition) is 0. The molecule has 0 aliphatic heterocycles. The Morgan fingerprint density at radius 1 is 0.846 bits per heavy atom. The number of carbonyl (C=O) groups is 1. The fourth-order valence-corrected chi connectivity index (χ4v) is 2.03. The number of carbonyl (C=O) groups excluding carboxylic acids is 1. The van der Waals surface area contributed by atoms with Crippen LogP contribution in [0.15, 0.2) is 36.4 Å². The minimum Gasteiger partial charge on any atom is -0.298 e. The van der Waals surface area contributed by atoms with E-state index in [0.29, 0.717) is 6.29 Å². The maximum absolute atomic E-state index is 12.1. The molecule has 0 N–H and O–H groups in total. The molecule has 2 rings (SSSR count). The predicted octanol–water partition coefficient (Wildman–Crippen LogP) is 6.40. The summed E-state index contributed by atoms with van der Waals surface area (Å²) in [5.74, 6) is 0. The SMILES string of the molecule is N#Cc1ccc(C(F)(F)F)cc1Cl.O=Cc1ccc(C(F)(F)F)cc1Cl. The van der Waals surface area contributed by atoms with Gasteiger partial charge in [0.1, 0.15) is 6.07 Å². The lowest BCUT2D eigenvalue weighted by atomic mass is 10.1. The zero-order valence-corrected chi connectivity index (χ0v) is 13.9. The Balaban J connectivity index is 0.000000260. The van der Waals surface area contributed by atoms with E-state index in [0.717, 1.165) is 36.4 Å². The van der Waals surface area contributed by atoms with Crippen LogP contribution in [0.3, 0.4) is 0 Å². The van der Waals surface area contributed by atoms with Gasteiger partial charge in [-0.2, -0.15) is 31.6 Å². The molecule has 0 heterocycles. The molecule has 0 saturated carbocycles.